The van der Waals surface area contributed by atoms with Crippen molar-refractivity contribution in [3.63, 3.8) is 0 Å². The van der Waals surface area contributed by atoms with Crippen LogP contribution in [0.15, 0.2) is 16.7 Å². The van der Waals surface area contributed by atoms with Gasteiger partial charge >= 0.3 is 6.18 Å². The van der Waals surface area contributed by atoms with E-state index in [4.69, 9.17) is 0 Å². The SMILES string of the molecule is FC(F)(F)c1cc(Br)cnc1NC(C1CC1)C1CC1. The quantitative estimate of drug-likeness (QED) is 0.879. The van der Waals surface area contributed by atoms with Crippen molar-refractivity contribution in [3.8, 4) is 0 Å². The van der Waals surface area contributed by atoms with E-state index in [1.165, 1.54) is 6.20 Å². The van der Waals surface area contributed by atoms with E-state index in [2.05, 4.69) is 26.2 Å². The van der Waals surface area contributed by atoms with Crippen LogP contribution in [-0.2, 0) is 6.18 Å². The number of hydrogen-bond acceptors (Lipinski definition) is 2. The summed E-state index contributed by atoms with van der Waals surface area (Å²) in [5.41, 5.74) is -0.687. The van der Waals surface area contributed by atoms with Crippen LogP contribution < -0.4 is 5.32 Å². The second-order valence-electron chi connectivity index (χ2n) is 5.39. The fourth-order valence-electron chi connectivity index (χ4n) is 2.46. The fraction of sp³-hybridized carbons (Fsp3) is 0.615. The monoisotopic (exact) mass is 334 g/mol. The summed E-state index contributed by atoms with van der Waals surface area (Å²) >= 11 is 3.05. The van der Waals surface area contributed by atoms with Crippen molar-refractivity contribution in [1.82, 2.24) is 4.98 Å². The summed E-state index contributed by atoms with van der Waals surface area (Å²) in [6.07, 6.45) is 1.50. The first kappa shape index (κ1) is 13.2. The molecule has 2 nitrogen and oxygen atoms in total. The molecular weight excluding hydrogens is 321 g/mol. The van der Waals surface area contributed by atoms with E-state index in [-0.39, 0.29) is 11.9 Å². The summed E-state index contributed by atoms with van der Waals surface area (Å²) in [7, 11) is 0. The van der Waals surface area contributed by atoms with Gasteiger partial charge in [0.1, 0.15) is 5.82 Å². The van der Waals surface area contributed by atoms with Gasteiger partial charge in [-0.25, -0.2) is 4.98 Å². The molecule has 2 aliphatic rings. The average molecular weight is 335 g/mol. The van der Waals surface area contributed by atoms with Crippen molar-refractivity contribution < 1.29 is 13.2 Å². The number of nitrogens with zero attached hydrogens (tertiary/aromatic N) is 1. The fourth-order valence-corrected chi connectivity index (χ4v) is 2.79. The van der Waals surface area contributed by atoms with E-state index in [0.717, 1.165) is 31.7 Å². The van der Waals surface area contributed by atoms with E-state index in [0.29, 0.717) is 16.3 Å². The normalized spacial score (nSPS) is 19.8. The van der Waals surface area contributed by atoms with Crippen molar-refractivity contribution in [2.24, 2.45) is 11.8 Å². The van der Waals surface area contributed by atoms with Crippen molar-refractivity contribution in [3.05, 3.63) is 22.3 Å². The minimum atomic E-state index is -4.38. The van der Waals surface area contributed by atoms with Crippen LogP contribution in [-0.4, -0.2) is 11.0 Å². The molecule has 0 bridgehead atoms. The zero-order valence-corrected chi connectivity index (χ0v) is 11.8. The first-order valence-corrected chi connectivity index (χ1v) is 7.24. The van der Waals surface area contributed by atoms with Gasteiger partial charge in [-0.1, -0.05) is 0 Å². The molecule has 0 aliphatic heterocycles. The molecule has 1 aromatic heterocycles. The lowest BCUT2D eigenvalue weighted by Gasteiger charge is -2.21. The van der Waals surface area contributed by atoms with Crippen molar-refractivity contribution in [2.45, 2.75) is 37.9 Å². The summed E-state index contributed by atoms with van der Waals surface area (Å²) in [4.78, 5) is 3.93. The highest BCUT2D eigenvalue weighted by Gasteiger charge is 2.43. The van der Waals surface area contributed by atoms with Gasteiger partial charge < -0.3 is 5.32 Å². The summed E-state index contributed by atoms with van der Waals surface area (Å²) in [6.45, 7) is 0. The van der Waals surface area contributed by atoms with Gasteiger partial charge in [0.2, 0.25) is 0 Å². The first-order chi connectivity index (χ1) is 8.95. The second-order valence-corrected chi connectivity index (χ2v) is 6.31. The Kier molecular flexibility index (Phi) is 3.23. The van der Waals surface area contributed by atoms with Crippen molar-refractivity contribution >= 4 is 21.7 Å². The third-order valence-electron chi connectivity index (χ3n) is 3.72. The molecule has 1 N–H and O–H groups in total. The number of rotatable bonds is 4. The minimum Gasteiger partial charge on any atom is -0.366 e. The summed E-state index contributed by atoms with van der Waals surface area (Å²) in [5.74, 6) is 1.03. The highest BCUT2D eigenvalue weighted by atomic mass is 79.9. The van der Waals surface area contributed by atoms with Crippen LogP contribution in [0.5, 0.6) is 0 Å². The molecule has 104 valence electrons. The van der Waals surface area contributed by atoms with Crippen molar-refractivity contribution in [2.75, 3.05) is 5.32 Å². The molecule has 0 amide bonds. The third-order valence-corrected chi connectivity index (χ3v) is 4.16. The number of nitrogens with one attached hydrogen (secondary N) is 1. The summed E-state index contributed by atoms with van der Waals surface area (Å²) < 4.78 is 39.4. The molecular formula is C13H14BrF3N2. The van der Waals surface area contributed by atoms with Crippen LogP contribution in [0.4, 0.5) is 19.0 Å². The molecule has 0 unspecified atom stereocenters. The first-order valence-electron chi connectivity index (χ1n) is 6.44. The largest absolute Gasteiger partial charge is 0.419 e. The Bertz CT molecular complexity index is 469. The number of alkyl halides is 3. The van der Waals surface area contributed by atoms with Gasteiger partial charge in [0, 0.05) is 16.7 Å². The predicted molar refractivity (Wildman–Crippen MR) is 69.8 cm³/mol. The van der Waals surface area contributed by atoms with E-state index in [1.807, 2.05) is 0 Å². The molecule has 0 radical (unpaired) electrons. The predicted octanol–water partition coefficient (Wildman–Crippen LogP) is 4.46. The number of halogens is 4. The van der Waals surface area contributed by atoms with Crippen LogP contribution >= 0.6 is 15.9 Å². The molecule has 2 saturated carbocycles. The lowest BCUT2D eigenvalue weighted by atomic mass is 10.1. The van der Waals surface area contributed by atoms with Crippen LogP contribution in [0.25, 0.3) is 0 Å². The molecule has 6 heteroatoms. The molecule has 2 fully saturated rings. The Morgan fingerprint density at radius 3 is 2.26 bits per heavy atom. The third kappa shape index (κ3) is 3.04. The molecule has 3 rings (SSSR count). The highest BCUT2D eigenvalue weighted by Crippen LogP contribution is 2.46. The Morgan fingerprint density at radius 2 is 1.79 bits per heavy atom. The molecule has 1 aromatic rings. The van der Waals surface area contributed by atoms with E-state index < -0.39 is 11.7 Å². The molecule has 2 aliphatic carbocycles. The summed E-state index contributed by atoms with van der Waals surface area (Å²) in [6, 6.07) is 1.25. The van der Waals surface area contributed by atoms with Crippen LogP contribution in [0, 0.1) is 11.8 Å². The highest BCUT2D eigenvalue weighted by molar-refractivity contribution is 9.10. The zero-order valence-electron chi connectivity index (χ0n) is 10.2. The van der Waals surface area contributed by atoms with Gasteiger partial charge in [-0.15, -0.1) is 0 Å². The standard InChI is InChI=1S/C13H14BrF3N2/c14-9-5-10(13(15,16)17)12(18-6-9)19-11(7-1-2-7)8-3-4-8/h5-8,11H,1-4H2,(H,18,19). The molecule has 0 spiro atoms. The van der Waals surface area contributed by atoms with Gasteiger partial charge in [0.15, 0.2) is 0 Å². The maximum absolute atomic E-state index is 13.0. The second kappa shape index (κ2) is 4.65. The van der Waals surface area contributed by atoms with E-state index >= 15 is 0 Å². The Morgan fingerprint density at radius 1 is 1.21 bits per heavy atom. The Balaban J connectivity index is 1.86. The Labute approximate surface area is 117 Å². The lowest BCUT2D eigenvalue weighted by Crippen LogP contribution is -2.26. The van der Waals surface area contributed by atoms with Crippen LogP contribution in [0.3, 0.4) is 0 Å². The summed E-state index contributed by atoms with van der Waals surface area (Å²) in [5, 5.41) is 3.05. The molecule has 0 aromatic carbocycles. The van der Waals surface area contributed by atoms with Gasteiger partial charge in [0.25, 0.3) is 0 Å². The molecule has 0 atom stereocenters. The Hall–Kier alpha value is -0.780. The van der Waals surface area contributed by atoms with Crippen LogP contribution in [0.2, 0.25) is 0 Å². The van der Waals surface area contributed by atoms with Gasteiger partial charge in [0.05, 0.1) is 5.56 Å². The molecule has 0 saturated heterocycles. The lowest BCUT2D eigenvalue weighted by molar-refractivity contribution is -0.137. The topological polar surface area (TPSA) is 24.9 Å². The van der Waals surface area contributed by atoms with Gasteiger partial charge in [-0.3, -0.25) is 0 Å². The number of aromatic nitrogens is 1. The minimum absolute atomic E-state index is 0.0282. The van der Waals surface area contributed by atoms with Crippen LogP contribution in [0.1, 0.15) is 31.2 Å². The van der Waals surface area contributed by atoms with Crippen molar-refractivity contribution in [1.29, 1.82) is 0 Å². The average Bonchev–Trinajstić information content (AvgIpc) is 3.19. The molecule has 1 heterocycles. The van der Waals surface area contributed by atoms with E-state index in [1.54, 1.807) is 0 Å². The maximum atomic E-state index is 13.0. The maximum Gasteiger partial charge on any atom is 0.419 e. The van der Waals surface area contributed by atoms with E-state index in [9.17, 15) is 13.2 Å². The number of hydrogen-bond donors (Lipinski definition) is 1. The molecule has 19 heavy (non-hydrogen) atoms. The number of pyridine rings is 1. The zero-order chi connectivity index (χ0) is 13.6. The van der Waals surface area contributed by atoms with Gasteiger partial charge in [-0.05, 0) is 59.5 Å². The number of anilines is 1. The smallest absolute Gasteiger partial charge is 0.366 e. The van der Waals surface area contributed by atoms with Gasteiger partial charge in [-0.2, -0.15) is 13.2 Å².